The van der Waals surface area contributed by atoms with E-state index in [0.29, 0.717) is 12.8 Å². The van der Waals surface area contributed by atoms with Crippen LogP contribution in [0.1, 0.15) is 30.1 Å². The molecule has 20 heavy (non-hydrogen) atoms. The average molecular weight is 272 g/mol. The molecule has 0 radical (unpaired) electrons. The summed E-state index contributed by atoms with van der Waals surface area (Å²) in [6.07, 6.45) is 3.55. The molecule has 1 amide bonds. The van der Waals surface area contributed by atoms with E-state index >= 15 is 0 Å². The van der Waals surface area contributed by atoms with E-state index in [1.807, 2.05) is 48.7 Å². The lowest BCUT2D eigenvalue weighted by Gasteiger charge is -2.18. The van der Waals surface area contributed by atoms with Gasteiger partial charge in [0, 0.05) is 18.5 Å². The van der Waals surface area contributed by atoms with Crippen LogP contribution >= 0.6 is 0 Å². The van der Waals surface area contributed by atoms with Gasteiger partial charge in [-0.15, -0.1) is 0 Å². The minimum absolute atomic E-state index is 0.0146. The molecule has 2 aromatic rings. The minimum atomic E-state index is -0.0502. The fourth-order valence-electron chi connectivity index (χ4n) is 2.20. The van der Waals surface area contributed by atoms with Gasteiger partial charge in [-0.2, -0.15) is 0 Å². The first-order chi connectivity index (χ1) is 9.79. The molecule has 1 heterocycles. The molecule has 0 aliphatic rings. The molecule has 1 unspecified atom stereocenters. The fraction of sp³-hybridized carbons (Fsp3) is 0.312. The summed E-state index contributed by atoms with van der Waals surface area (Å²) in [5.41, 5.74) is 1.97. The molecule has 1 aromatic heterocycles. The largest absolute Gasteiger partial charge is 0.396 e. The number of amides is 1. The van der Waals surface area contributed by atoms with Crippen LogP contribution in [0.2, 0.25) is 0 Å². The topological polar surface area (TPSA) is 65.1 Å². The number of carbonyl (C=O) groups is 1. The number of hydrogen-bond donors (Lipinski definition) is 3. The van der Waals surface area contributed by atoms with Gasteiger partial charge >= 0.3 is 0 Å². The Kier molecular flexibility index (Phi) is 5.38. The smallest absolute Gasteiger partial charge is 0.226 e. The molecule has 2 rings (SSSR count). The number of aliphatic hydroxyl groups is 1. The van der Waals surface area contributed by atoms with Gasteiger partial charge in [-0.3, -0.25) is 4.79 Å². The van der Waals surface area contributed by atoms with Crippen LogP contribution in [0.3, 0.4) is 0 Å². The summed E-state index contributed by atoms with van der Waals surface area (Å²) < 4.78 is 0. The van der Waals surface area contributed by atoms with Crippen molar-refractivity contribution in [3.63, 3.8) is 0 Å². The Bertz CT molecular complexity index is 509. The Labute approximate surface area is 118 Å². The van der Waals surface area contributed by atoms with Gasteiger partial charge in [0.25, 0.3) is 0 Å². The number of rotatable bonds is 7. The van der Waals surface area contributed by atoms with Crippen LogP contribution in [0, 0.1) is 0 Å². The van der Waals surface area contributed by atoms with Crippen LogP contribution in [0.5, 0.6) is 0 Å². The first-order valence-corrected chi connectivity index (χ1v) is 6.87. The lowest BCUT2D eigenvalue weighted by molar-refractivity contribution is -0.121. The first-order valence-electron chi connectivity index (χ1n) is 6.87. The van der Waals surface area contributed by atoms with E-state index < -0.39 is 0 Å². The zero-order valence-electron chi connectivity index (χ0n) is 11.4. The summed E-state index contributed by atoms with van der Waals surface area (Å²) in [6, 6.07) is 13.6. The van der Waals surface area contributed by atoms with Crippen molar-refractivity contribution >= 4 is 5.91 Å². The van der Waals surface area contributed by atoms with Gasteiger partial charge in [-0.1, -0.05) is 30.3 Å². The maximum atomic E-state index is 12.1. The molecule has 3 N–H and O–H groups in total. The third-order valence-electron chi connectivity index (χ3n) is 3.20. The number of aromatic nitrogens is 1. The third kappa shape index (κ3) is 4.24. The third-order valence-corrected chi connectivity index (χ3v) is 3.20. The summed E-state index contributed by atoms with van der Waals surface area (Å²) in [5, 5.41) is 12.0. The standard InChI is InChI=1S/C16H20N2O2/c19-11-5-9-15(13-6-2-1-3-7-13)18-16(20)12-14-8-4-10-17-14/h1-4,6-8,10,15,17,19H,5,9,11-12H2,(H,18,20). The lowest BCUT2D eigenvalue weighted by atomic mass is 10.0. The molecule has 106 valence electrons. The van der Waals surface area contributed by atoms with Gasteiger partial charge in [0.1, 0.15) is 0 Å². The second kappa shape index (κ2) is 7.50. The highest BCUT2D eigenvalue weighted by Crippen LogP contribution is 2.18. The summed E-state index contributed by atoms with van der Waals surface area (Å²) in [6.45, 7) is 0.135. The molecule has 0 aliphatic heterocycles. The summed E-state index contributed by atoms with van der Waals surface area (Å²) in [5.74, 6) is -0.0146. The van der Waals surface area contributed by atoms with E-state index in [1.165, 1.54) is 0 Å². The predicted octanol–water partition coefficient (Wildman–Crippen LogP) is 2.19. The van der Waals surface area contributed by atoms with Crippen LogP contribution in [-0.4, -0.2) is 22.6 Å². The van der Waals surface area contributed by atoms with Crippen molar-refractivity contribution in [2.45, 2.75) is 25.3 Å². The van der Waals surface area contributed by atoms with Crippen molar-refractivity contribution in [2.24, 2.45) is 0 Å². The summed E-state index contributed by atoms with van der Waals surface area (Å²) in [4.78, 5) is 15.1. The van der Waals surface area contributed by atoms with Gasteiger partial charge in [0.05, 0.1) is 12.5 Å². The highest BCUT2D eigenvalue weighted by molar-refractivity contribution is 5.78. The Hall–Kier alpha value is -2.07. The normalized spacial score (nSPS) is 12.1. The van der Waals surface area contributed by atoms with E-state index in [2.05, 4.69) is 10.3 Å². The van der Waals surface area contributed by atoms with Gasteiger partial charge in [-0.25, -0.2) is 0 Å². The second-order valence-corrected chi connectivity index (χ2v) is 4.77. The van der Waals surface area contributed by atoms with Crippen molar-refractivity contribution in [3.05, 3.63) is 59.9 Å². The Morgan fingerprint density at radius 3 is 2.65 bits per heavy atom. The first kappa shape index (κ1) is 14.3. The summed E-state index contributed by atoms with van der Waals surface area (Å²) in [7, 11) is 0. The van der Waals surface area contributed by atoms with E-state index in [1.54, 1.807) is 0 Å². The maximum absolute atomic E-state index is 12.1. The minimum Gasteiger partial charge on any atom is -0.396 e. The van der Waals surface area contributed by atoms with E-state index in [-0.39, 0.29) is 18.6 Å². The van der Waals surface area contributed by atoms with Gasteiger partial charge < -0.3 is 15.4 Å². The van der Waals surface area contributed by atoms with Crippen molar-refractivity contribution in [1.82, 2.24) is 10.3 Å². The van der Waals surface area contributed by atoms with Gasteiger partial charge in [0.15, 0.2) is 0 Å². The Morgan fingerprint density at radius 2 is 2.00 bits per heavy atom. The van der Waals surface area contributed by atoms with E-state index in [0.717, 1.165) is 17.7 Å². The fourth-order valence-corrected chi connectivity index (χ4v) is 2.20. The molecular formula is C16H20N2O2. The highest BCUT2D eigenvalue weighted by atomic mass is 16.3. The predicted molar refractivity (Wildman–Crippen MR) is 78.1 cm³/mol. The second-order valence-electron chi connectivity index (χ2n) is 4.77. The van der Waals surface area contributed by atoms with E-state index in [9.17, 15) is 4.79 Å². The number of aliphatic hydroxyl groups excluding tert-OH is 1. The molecule has 0 spiro atoms. The monoisotopic (exact) mass is 272 g/mol. The average Bonchev–Trinajstić information content (AvgIpc) is 2.97. The van der Waals surface area contributed by atoms with Crippen LogP contribution < -0.4 is 5.32 Å². The molecule has 0 saturated heterocycles. The van der Waals surface area contributed by atoms with Gasteiger partial charge in [0.2, 0.25) is 5.91 Å². The number of H-pyrrole nitrogens is 1. The molecular weight excluding hydrogens is 252 g/mol. The number of benzene rings is 1. The van der Waals surface area contributed by atoms with Crippen LogP contribution in [-0.2, 0) is 11.2 Å². The molecule has 0 aliphatic carbocycles. The lowest BCUT2D eigenvalue weighted by Crippen LogP contribution is -2.30. The molecule has 4 heteroatoms. The molecule has 0 bridgehead atoms. The molecule has 4 nitrogen and oxygen atoms in total. The molecule has 0 saturated carbocycles. The SMILES string of the molecule is O=C(Cc1ccc[nH]1)NC(CCCO)c1ccccc1. The van der Waals surface area contributed by atoms with Crippen LogP contribution in [0.15, 0.2) is 48.7 Å². The van der Waals surface area contributed by atoms with E-state index in [4.69, 9.17) is 5.11 Å². The molecule has 1 atom stereocenters. The Balaban J connectivity index is 1.98. The highest BCUT2D eigenvalue weighted by Gasteiger charge is 2.14. The number of nitrogens with one attached hydrogen (secondary N) is 2. The quantitative estimate of drug-likeness (QED) is 0.723. The van der Waals surface area contributed by atoms with Crippen LogP contribution in [0.4, 0.5) is 0 Å². The van der Waals surface area contributed by atoms with Gasteiger partial charge in [-0.05, 0) is 30.5 Å². The zero-order chi connectivity index (χ0) is 14.2. The Morgan fingerprint density at radius 1 is 1.20 bits per heavy atom. The van der Waals surface area contributed by atoms with Crippen molar-refractivity contribution < 1.29 is 9.90 Å². The number of carbonyl (C=O) groups excluding carboxylic acids is 1. The number of aromatic amines is 1. The number of hydrogen-bond acceptors (Lipinski definition) is 2. The van der Waals surface area contributed by atoms with Crippen molar-refractivity contribution in [1.29, 1.82) is 0 Å². The molecule has 1 aromatic carbocycles. The maximum Gasteiger partial charge on any atom is 0.226 e. The van der Waals surface area contributed by atoms with Crippen molar-refractivity contribution in [2.75, 3.05) is 6.61 Å². The zero-order valence-corrected chi connectivity index (χ0v) is 11.4. The van der Waals surface area contributed by atoms with Crippen molar-refractivity contribution in [3.8, 4) is 0 Å². The summed E-state index contributed by atoms with van der Waals surface area (Å²) >= 11 is 0. The van der Waals surface area contributed by atoms with Crippen LogP contribution in [0.25, 0.3) is 0 Å². The molecule has 0 fully saturated rings.